The fourth-order valence-electron chi connectivity index (χ4n) is 3.61. The molecule has 1 aromatic rings. The van der Waals surface area contributed by atoms with Gasteiger partial charge in [0.25, 0.3) is 0 Å². The molecule has 2 aliphatic rings. The fraction of sp³-hybridized carbons (Fsp3) is 0.450. The molecule has 3 rings (SSSR count). The van der Waals surface area contributed by atoms with Gasteiger partial charge < -0.3 is 30.5 Å². The lowest BCUT2D eigenvalue weighted by Gasteiger charge is -2.38. The van der Waals surface area contributed by atoms with E-state index in [-0.39, 0.29) is 25.3 Å². The third kappa shape index (κ3) is 4.43. The summed E-state index contributed by atoms with van der Waals surface area (Å²) in [4.78, 5) is 13.2. The van der Waals surface area contributed by atoms with Crippen molar-refractivity contribution in [2.24, 2.45) is 11.7 Å². The maximum atomic E-state index is 11.3. The maximum absolute atomic E-state index is 11.3. The zero-order chi connectivity index (χ0) is 19.4. The van der Waals surface area contributed by atoms with Gasteiger partial charge in [-0.3, -0.25) is 0 Å². The summed E-state index contributed by atoms with van der Waals surface area (Å²) in [7, 11) is 3.99. The van der Waals surface area contributed by atoms with Gasteiger partial charge in [0.1, 0.15) is 0 Å². The molecular weight excluding hydrogens is 346 g/mol. The highest BCUT2D eigenvalue weighted by Crippen LogP contribution is 2.37. The van der Waals surface area contributed by atoms with E-state index in [4.69, 9.17) is 15.2 Å². The van der Waals surface area contributed by atoms with E-state index < -0.39 is 11.6 Å². The van der Waals surface area contributed by atoms with Crippen molar-refractivity contribution >= 4 is 6.03 Å². The number of amides is 2. The molecule has 0 spiro atoms. The number of para-hydroxylation sites is 1. The van der Waals surface area contributed by atoms with Crippen LogP contribution in [0.15, 0.2) is 42.5 Å². The summed E-state index contributed by atoms with van der Waals surface area (Å²) in [6, 6.07) is 5.33. The van der Waals surface area contributed by atoms with Crippen molar-refractivity contribution in [3.8, 4) is 11.5 Å². The molecule has 7 heteroatoms. The van der Waals surface area contributed by atoms with Gasteiger partial charge in [0.15, 0.2) is 11.5 Å². The third-order valence-corrected chi connectivity index (χ3v) is 5.20. The first-order valence-corrected chi connectivity index (χ1v) is 9.04. The minimum atomic E-state index is -1.08. The highest BCUT2D eigenvalue weighted by atomic mass is 16.7. The van der Waals surface area contributed by atoms with Crippen LogP contribution in [0.2, 0.25) is 0 Å². The number of fused-ring (bicyclic) bond motifs is 1. The Labute approximate surface area is 159 Å². The zero-order valence-electron chi connectivity index (χ0n) is 15.7. The van der Waals surface area contributed by atoms with Gasteiger partial charge in [-0.1, -0.05) is 36.4 Å². The largest absolute Gasteiger partial charge is 0.454 e. The summed E-state index contributed by atoms with van der Waals surface area (Å²) in [5.41, 5.74) is 5.16. The average molecular weight is 373 g/mol. The Morgan fingerprint density at radius 3 is 2.96 bits per heavy atom. The quantitative estimate of drug-likeness (QED) is 0.672. The molecule has 146 valence electrons. The van der Waals surface area contributed by atoms with Gasteiger partial charge in [-0.25, -0.2) is 4.79 Å². The van der Waals surface area contributed by atoms with Gasteiger partial charge in [0.05, 0.1) is 5.60 Å². The number of hydrogen-bond donors (Lipinski definition) is 3. The molecule has 3 unspecified atom stereocenters. The predicted molar refractivity (Wildman–Crippen MR) is 103 cm³/mol. The van der Waals surface area contributed by atoms with Crippen LogP contribution >= 0.6 is 0 Å². The van der Waals surface area contributed by atoms with Gasteiger partial charge in [-0.05, 0) is 38.6 Å². The number of nitrogens with two attached hydrogens (primary N) is 1. The number of likely N-dealkylation sites (N-methyl/N-ethyl adjacent to an activating group) is 1. The number of primary amides is 1. The topological polar surface area (TPSA) is 97.1 Å². The highest BCUT2D eigenvalue weighted by Gasteiger charge is 2.37. The number of rotatable bonds is 7. The summed E-state index contributed by atoms with van der Waals surface area (Å²) in [6.45, 7) is 0.516. The molecule has 0 saturated carbocycles. The first-order valence-electron chi connectivity index (χ1n) is 9.04. The van der Waals surface area contributed by atoms with E-state index in [1.54, 1.807) is 6.08 Å². The summed E-state index contributed by atoms with van der Waals surface area (Å²) in [6.07, 6.45) is 8.62. The smallest absolute Gasteiger partial charge is 0.312 e. The van der Waals surface area contributed by atoms with Crippen molar-refractivity contribution < 1.29 is 19.4 Å². The van der Waals surface area contributed by atoms with Crippen LogP contribution in [0.1, 0.15) is 12.0 Å². The number of hydrogen-bond acceptors (Lipinski definition) is 5. The van der Waals surface area contributed by atoms with Crippen molar-refractivity contribution in [3.63, 3.8) is 0 Å². The number of carbonyl (C=O) groups is 1. The number of nitrogens with one attached hydrogen (secondary N) is 1. The van der Waals surface area contributed by atoms with E-state index >= 15 is 0 Å². The SMILES string of the molecule is CN(C)C(Cc1cccc2c1OCO2)CC1(O)C=CC=CC1CNC(N)=O. The third-order valence-electron chi connectivity index (χ3n) is 5.20. The fourth-order valence-corrected chi connectivity index (χ4v) is 3.61. The number of urea groups is 1. The summed E-state index contributed by atoms with van der Waals surface area (Å²) in [5, 5.41) is 13.9. The van der Waals surface area contributed by atoms with Crippen LogP contribution in [-0.4, -0.2) is 55.1 Å². The van der Waals surface area contributed by atoms with Crippen LogP contribution in [0, 0.1) is 5.92 Å². The van der Waals surface area contributed by atoms with Crippen LogP contribution in [0.4, 0.5) is 4.79 Å². The summed E-state index contributed by atoms with van der Waals surface area (Å²) in [5.74, 6) is 1.29. The number of aliphatic hydroxyl groups is 1. The number of allylic oxidation sites excluding steroid dienone is 2. The molecule has 0 saturated heterocycles. The lowest BCUT2D eigenvalue weighted by Crippen LogP contribution is -2.48. The van der Waals surface area contributed by atoms with Gasteiger partial charge in [-0.2, -0.15) is 0 Å². The van der Waals surface area contributed by atoms with Crippen LogP contribution in [0.3, 0.4) is 0 Å². The molecule has 2 amide bonds. The monoisotopic (exact) mass is 373 g/mol. The minimum Gasteiger partial charge on any atom is -0.454 e. The maximum Gasteiger partial charge on any atom is 0.312 e. The molecule has 3 atom stereocenters. The van der Waals surface area contributed by atoms with Gasteiger partial charge >= 0.3 is 6.03 Å². The summed E-state index contributed by atoms with van der Waals surface area (Å²) >= 11 is 0. The Morgan fingerprint density at radius 2 is 2.22 bits per heavy atom. The lowest BCUT2D eigenvalue weighted by molar-refractivity contribution is 0.0161. The molecule has 1 heterocycles. The van der Waals surface area contributed by atoms with Gasteiger partial charge in [-0.15, -0.1) is 0 Å². The van der Waals surface area contributed by atoms with Crippen LogP contribution in [-0.2, 0) is 6.42 Å². The van der Waals surface area contributed by atoms with E-state index in [9.17, 15) is 9.90 Å². The standard InChI is InChI=1S/C20H27N3O4/c1-23(2)16(10-14-6-5-8-17-18(14)27-13-26-17)11-20(25)9-4-3-7-15(20)12-22-19(21)24/h3-9,15-16,25H,10-13H2,1-2H3,(H3,21,22,24). The van der Waals surface area contributed by atoms with Gasteiger partial charge in [0, 0.05) is 18.5 Å². The molecule has 1 aliphatic carbocycles. The first-order chi connectivity index (χ1) is 12.9. The Morgan fingerprint density at radius 1 is 1.41 bits per heavy atom. The van der Waals surface area contributed by atoms with E-state index in [1.165, 1.54) is 0 Å². The highest BCUT2D eigenvalue weighted by molar-refractivity contribution is 5.71. The van der Waals surface area contributed by atoms with Crippen molar-refractivity contribution in [2.75, 3.05) is 27.4 Å². The van der Waals surface area contributed by atoms with Crippen LogP contribution in [0.5, 0.6) is 11.5 Å². The van der Waals surface area contributed by atoms with Crippen LogP contribution < -0.4 is 20.5 Å². The van der Waals surface area contributed by atoms with Gasteiger partial charge in [0.2, 0.25) is 6.79 Å². The van der Waals surface area contributed by atoms with Crippen molar-refractivity contribution in [3.05, 3.63) is 48.1 Å². The van der Waals surface area contributed by atoms with E-state index in [0.29, 0.717) is 12.8 Å². The van der Waals surface area contributed by atoms with Crippen LogP contribution in [0.25, 0.3) is 0 Å². The number of nitrogens with zero attached hydrogens (tertiary/aromatic N) is 1. The Balaban J connectivity index is 1.77. The summed E-state index contributed by atoms with van der Waals surface area (Å²) < 4.78 is 11.1. The second kappa shape index (κ2) is 8.02. The van der Waals surface area contributed by atoms with Crippen molar-refractivity contribution in [1.82, 2.24) is 10.2 Å². The van der Waals surface area contributed by atoms with E-state index in [0.717, 1.165) is 17.1 Å². The molecule has 1 aliphatic heterocycles. The number of benzene rings is 1. The average Bonchev–Trinajstić information content (AvgIpc) is 3.10. The molecule has 4 N–H and O–H groups in total. The second-order valence-corrected chi connectivity index (χ2v) is 7.26. The first kappa shape index (κ1) is 19.3. The predicted octanol–water partition coefficient (Wildman–Crippen LogP) is 1.42. The number of carbonyl (C=O) groups excluding carboxylic acids is 1. The molecule has 0 aromatic heterocycles. The normalized spacial score (nSPS) is 24.2. The molecule has 0 bridgehead atoms. The molecule has 27 heavy (non-hydrogen) atoms. The second-order valence-electron chi connectivity index (χ2n) is 7.26. The van der Waals surface area contributed by atoms with Crippen molar-refractivity contribution in [2.45, 2.75) is 24.5 Å². The Hall–Kier alpha value is -2.51. The zero-order valence-corrected chi connectivity index (χ0v) is 15.7. The lowest BCUT2D eigenvalue weighted by atomic mass is 9.78. The number of ether oxygens (including phenoxy) is 2. The molecular formula is C20H27N3O4. The minimum absolute atomic E-state index is 0.0536. The molecule has 0 radical (unpaired) electrons. The Kier molecular flexibility index (Phi) is 5.72. The molecule has 1 aromatic carbocycles. The molecule has 7 nitrogen and oxygen atoms in total. The Bertz CT molecular complexity index is 747. The molecule has 0 fully saturated rings. The van der Waals surface area contributed by atoms with E-state index in [1.807, 2.05) is 50.5 Å². The van der Waals surface area contributed by atoms with E-state index in [2.05, 4.69) is 10.2 Å². The van der Waals surface area contributed by atoms with Crippen molar-refractivity contribution in [1.29, 1.82) is 0 Å².